The molecule has 0 aliphatic heterocycles. The second-order valence-corrected chi connectivity index (χ2v) is 14.0. The molecule has 0 heterocycles. The molecule has 1 amide bonds. The van der Waals surface area contributed by atoms with Crippen molar-refractivity contribution in [1.29, 1.82) is 0 Å². The summed E-state index contributed by atoms with van der Waals surface area (Å²) in [5, 5.41) is 13.6. The van der Waals surface area contributed by atoms with E-state index in [0.29, 0.717) is 17.4 Å². The molecule has 9 heteroatoms. The quantitative estimate of drug-likeness (QED) is 0.0350. The Morgan fingerprint density at radius 1 is 0.805 bits per heavy atom. The van der Waals surface area contributed by atoms with Gasteiger partial charge in [-0.15, -0.1) is 0 Å². The Morgan fingerprint density at radius 3 is 1.80 bits per heavy atom. The molecule has 0 saturated carbocycles. The van der Waals surface area contributed by atoms with Crippen LogP contribution in [0, 0.1) is 0 Å². The molecule has 0 spiro atoms. The highest BCUT2D eigenvalue weighted by Gasteiger charge is 2.27. The predicted molar refractivity (Wildman–Crippen MR) is 171 cm³/mol. The van der Waals surface area contributed by atoms with Crippen molar-refractivity contribution in [3.63, 3.8) is 0 Å². The lowest BCUT2D eigenvalue weighted by atomic mass is 10.1. The fourth-order valence-corrected chi connectivity index (χ4v) is 5.24. The number of carbonyl (C=O) groups is 1. The van der Waals surface area contributed by atoms with E-state index < -0.39 is 20.0 Å². The zero-order valence-corrected chi connectivity index (χ0v) is 28.2. The molecule has 0 saturated heterocycles. The Labute approximate surface area is 252 Å². The van der Waals surface area contributed by atoms with E-state index in [0.717, 1.165) is 38.5 Å². The average molecular weight is 606 g/mol. The molecular weight excluding hydrogens is 539 g/mol. The highest BCUT2D eigenvalue weighted by atomic mass is 31.2. The number of rotatable bonds is 29. The van der Waals surface area contributed by atoms with Gasteiger partial charge in [0.2, 0.25) is 5.91 Å². The minimum atomic E-state index is -4.31. The van der Waals surface area contributed by atoms with Crippen LogP contribution in [0.2, 0.25) is 0 Å². The Morgan fingerprint density at radius 2 is 1.29 bits per heavy atom. The molecule has 0 aliphatic rings. The smallest absolute Gasteiger partial charge is 0.387 e. The maximum Gasteiger partial charge on any atom is 0.472 e. The van der Waals surface area contributed by atoms with Crippen LogP contribution in [0.3, 0.4) is 0 Å². The number of carbonyl (C=O) groups excluding carboxylic acids is 1. The lowest BCUT2D eigenvalue weighted by Gasteiger charge is -2.25. The molecule has 0 rings (SSSR count). The summed E-state index contributed by atoms with van der Waals surface area (Å²) >= 11 is 0. The molecule has 0 aliphatic carbocycles. The molecular formula is C32H66N2O6P+. The van der Waals surface area contributed by atoms with Gasteiger partial charge in [-0.25, -0.2) is 4.57 Å². The van der Waals surface area contributed by atoms with E-state index in [1.807, 2.05) is 27.2 Å². The molecule has 3 unspecified atom stereocenters. The summed E-state index contributed by atoms with van der Waals surface area (Å²) in [5.74, 6) is -0.187. The van der Waals surface area contributed by atoms with Gasteiger partial charge < -0.3 is 19.8 Å². The minimum absolute atomic E-state index is 0.0634. The monoisotopic (exact) mass is 605 g/mol. The molecule has 0 fully saturated rings. The highest BCUT2D eigenvalue weighted by Crippen LogP contribution is 2.43. The molecule has 244 valence electrons. The highest BCUT2D eigenvalue weighted by molar-refractivity contribution is 7.47. The maximum atomic E-state index is 12.6. The third-order valence-electron chi connectivity index (χ3n) is 7.26. The fourth-order valence-electron chi connectivity index (χ4n) is 4.51. The van der Waals surface area contributed by atoms with Crippen LogP contribution >= 0.6 is 7.82 Å². The molecule has 0 aromatic heterocycles. The summed E-state index contributed by atoms with van der Waals surface area (Å²) in [4.78, 5) is 22.7. The number of nitrogens with one attached hydrogen (secondary N) is 1. The van der Waals surface area contributed by atoms with Gasteiger partial charge in [-0.1, -0.05) is 122 Å². The number of aliphatic hydroxyl groups excluding tert-OH is 1. The van der Waals surface area contributed by atoms with Crippen molar-refractivity contribution in [1.82, 2.24) is 5.32 Å². The number of hydrogen-bond acceptors (Lipinski definition) is 5. The van der Waals surface area contributed by atoms with Gasteiger partial charge in [0.15, 0.2) is 0 Å². The number of likely N-dealkylation sites (N-methyl/N-ethyl adjacent to an activating group) is 1. The summed E-state index contributed by atoms with van der Waals surface area (Å²) < 4.78 is 23.3. The molecule has 0 aromatic carbocycles. The Hall–Kier alpha value is -0.760. The molecule has 8 nitrogen and oxygen atoms in total. The van der Waals surface area contributed by atoms with Gasteiger partial charge in [0.05, 0.1) is 39.9 Å². The number of nitrogens with zero attached hydrogens (tertiary/aromatic N) is 1. The number of hydrogen-bond donors (Lipinski definition) is 3. The Bertz CT molecular complexity index is 698. The van der Waals surface area contributed by atoms with Gasteiger partial charge in [-0.3, -0.25) is 13.8 Å². The lowest BCUT2D eigenvalue weighted by molar-refractivity contribution is -0.870. The van der Waals surface area contributed by atoms with Gasteiger partial charge in [-0.2, -0.15) is 0 Å². The number of unbranched alkanes of at least 4 members (excludes halogenated alkanes) is 16. The molecule has 3 atom stereocenters. The van der Waals surface area contributed by atoms with Crippen molar-refractivity contribution in [3.8, 4) is 0 Å². The van der Waals surface area contributed by atoms with Gasteiger partial charge in [-0.05, 0) is 19.3 Å². The molecule has 0 radical (unpaired) electrons. The first kappa shape index (κ1) is 40.2. The summed E-state index contributed by atoms with van der Waals surface area (Å²) in [5.41, 5.74) is 0. The van der Waals surface area contributed by atoms with Crippen LogP contribution < -0.4 is 5.32 Å². The van der Waals surface area contributed by atoms with Gasteiger partial charge in [0.25, 0.3) is 0 Å². The van der Waals surface area contributed by atoms with Crippen molar-refractivity contribution >= 4 is 13.7 Å². The van der Waals surface area contributed by atoms with Crippen molar-refractivity contribution in [3.05, 3.63) is 12.2 Å². The topological polar surface area (TPSA) is 105 Å². The number of phosphoric acid groups is 1. The van der Waals surface area contributed by atoms with E-state index in [4.69, 9.17) is 9.05 Å². The summed E-state index contributed by atoms with van der Waals surface area (Å²) in [6.07, 6.45) is 24.3. The number of phosphoric ester groups is 1. The number of aliphatic hydroxyl groups is 1. The minimum Gasteiger partial charge on any atom is -0.387 e. The number of allylic oxidation sites excluding steroid dienone is 1. The normalized spacial score (nSPS) is 15.2. The SMILES string of the molecule is CCCCCCCCCCCC/C=C/C(O)C(COP(=O)(O)OCC[N+](C)(C)C)NC(=O)CCCCCCCCC. The van der Waals surface area contributed by atoms with Crippen molar-refractivity contribution < 1.29 is 32.9 Å². The second-order valence-electron chi connectivity index (χ2n) is 12.5. The first-order valence-electron chi connectivity index (χ1n) is 16.6. The van der Waals surface area contributed by atoms with Crippen molar-refractivity contribution in [2.24, 2.45) is 0 Å². The van der Waals surface area contributed by atoms with Crippen LogP contribution in [0.5, 0.6) is 0 Å². The number of quaternary nitrogens is 1. The van der Waals surface area contributed by atoms with E-state index in [-0.39, 0.29) is 19.1 Å². The van der Waals surface area contributed by atoms with E-state index >= 15 is 0 Å². The van der Waals surface area contributed by atoms with Crippen molar-refractivity contribution in [2.45, 2.75) is 148 Å². The van der Waals surface area contributed by atoms with Gasteiger partial charge >= 0.3 is 7.82 Å². The molecule has 41 heavy (non-hydrogen) atoms. The average Bonchev–Trinajstić information content (AvgIpc) is 2.90. The lowest BCUT2D eigenvalue weighted by Crippen LogP contribution is -2.45. The van der Waals surface area contributed by atoms with Crippen LogP contribution in [0.1, 0.15) is 136 Å². The van der Waals surface area contributed by atoms with E-state index in [9.17, 15) is 19.4 Å². The predicted octanol–water partition coefficient (Wildman–Crippen LogP) is 7.68. The third kappa shape index (κ3) is 27.8. The summed E-state index contributed by atoms with van der Waals surface area (Å²) in [7, 11) is 1.57. The zero-order chi connectivity index (χ0) is 30.8. The largest absolute Gasteiger partial charge is 0.472 e. The molecule has 3 N–H and O–H groups in total. The van der Waals surface area contributed by atoms with E-state index in [1.54, 1.807) is 6.08 Å². The maximum absolute atomic E-state index is 12.6. The van der Waals surface area contributed by atoms with Gasteiger partial charge in [0.1, 0.15) is 13.2 Å². The fraction of sp³-hybridized carbons (Fsp3) is 0.906. The van der Waals surface area contributed by atoms with Crippen LogP contribution in [-0.2, 0) is 18.4 Å². The summed E-state index contributed by atoms with van der Waals surface area (Å²) in [6, 6.07) is -0.835. The Kier molecular flexibility index (Phi) is 25.2. The van der Waals surface area contributed by atoms with E-state index in [2.05, 4.69) is 19.2 Å². The van der Waals surface area contributed by atoms with Crippen LogP contribution in [-0.4, -0.2) is 73.4 Å². The number of amides is 1. The van der Waals surface area contributed by atoms with Crippen LogP contribution in [0.25, 0.3) is 0 Å². The Balaban J connectivity index is 4.62. The molecule has 0 aromatic rings. The zero-order valence-electron chi connectivity index (χ0n) is 27.3. The first-order valence-corrected chi connectivity index (χ1v) is 18.1. The summed E-state index contributed by atoms with van der Waals surface area (Å²) in [6.45, 7) is 4.72. The van der Waals surface area contributed by atoms with Crippen molar-refractivity contribution in [2.75, 3.05) is 40.9 Å². The molecule has 0 bridgehead atoms. The first-order chi connectivity index (χ1) is 19.5. The van der Waals surface area contributed by atoms with Crippen LogP contribution in [0.15, 0.2) is 12.2 Å². The van der Waals surface area contributed by atoms with Crippen LogP contribution in [0.4, 0.5) is 0 Å². The van der Waals surface area contributed by atoms with E-state index in [1.165, 1.54) is 77.0 Å². The van der Waals surface area contributed by atoms with Gasteiger partial charge in [0, 0.05) is 6.42 Å². The second kappa shape index (κ2) is 25.7. The standard InChI is InChI=1S/C32H65N2O6P/c1-6-8-10-12-14-15-16-17-18-20-21-23-25-31(35)30(29-40-41(37,38)39-28-27-34(3,4)5)33-32(36)26-24-22-19-13-11-9-7-2/h23,25,30-31,35H,6-22,24,26-29H2,1-5H3,(H-,33,36,37,38)/p+1/b25-23+. The third-order valence-corrected chi connectivity index (χ3v) is 8.24.